The molecule has 0 radical (unpaired) electrons. The van der Waals surface area contributed by atoms with Crippen LogP contribution in [0.1, 0.15) is 47.7 Å². The van der Waals surface area contributed by atoms with E-state index >= 15 is 0 Å². The van der Waals surface area contributed by atoms with Gasteiger partial charge in [0.05, 0.1) is 12.2 Å². The number of carbonyl (C=O) groups is 2. The van der Waals surface area contributed by atoms with Crippen molar-refractivity contribution in [2.24, 2.45) is 0 Å². The summed E-state index contributed by atoms with van der Waals surface area (Å²) in [6.45, 7) is 6.31. The van der Waals surface area contributed by atoms with Gasteiger partial charge in [-0.3, -0.25) is 4.79 Å². The molecule has 5 nitrogen and oxygen atoms in total. The van der Waals surface area contributed by atoms with Crippen LogP contribution >= 0.6 is 0 Å². The van der Waals surface area contributed by atoms with Crippen LogP contribution in [0.15, 0.2) is 42.5 Å². The number of amides is 1. The number of anilines is 1. The van der Waals surface area contributed by atoms with Crippen molar-refractivity contribution in [3.63, 3.8) is 0 Å². The first kappa shape index (κ1) is 20.5. The fraction of sp³-hybridized carbons (Fsp3) is 0.364. The molecule has 0 spiro atoms. The molecule has 27 heavy (non-hydrogen) atoms. The molecule has 0 saturated carbocycles. The summed E-state index contributed by atoms with van der Waals surface area (Å²) in [4.78, 5) is 24.2. The van der Waals surface area contributed by atoms with Crippen LogP contribution in [0.3, 0.4) is 0 Å². The fourth-order valence-corrected chi connectivity index (χ4v) is 2.63. The number of benzene rings is 2. The Bertz CT molecular complexity index is 748. The second-order valence-corrected chi connectivity index (χ2v) is 6.47. The van der Waals surface area contributed by atoms with Crippen LogP contribution in [0, 0.1) is 13.8 Å². The molecule has 0 heterocycles. The molecule has 0 saturated heterocycles. The predicted octanol–water partition coefficient (Wildman–Crippen LogP) is 4.67. The third kappa shape index (κ3) is 6.44. The summed E-state index contributed by atoms with van der Waals surface area (Å²) in [5.74, 6) is -0.184. The summed E-state index contributed by atoms with van der Waals surface area (Å²) in [6, 6.07) is 12.5. The zero-order chi connectivity index (χ0) is 19.6. The van der Waals surface area contributed by atoms with E-state index in [0.29, 0.717) is 12.2 Å². The molecule has 0 aliphatic heterocycles. The van der Waals surface area contributed by atoms with Gasteiger partial charge >= 0.3 is 5.97 Å². The fourth-order valence-electron chi connectivity index (χ4n) is 2.63. The van der Waals surface area contributed by atoms with E-state index in [4.69, 9.17) is 9.47 Å². The smallest absolute Gasteiger partial charge is 0.338 e. The highest BCUT2D eigenvalue weighted by molar-refractivity contribution is 5.96. The molecule has 2 aromatic carbocycles. The molecule has 0 aromatic heterocycles. The molecule has 0 bridgehead atoms. The van der Waals surface area contributed by atoms with Gasteiger partial charge < -0.3 is 14.8 Å². The SMILES string of the molecule is CCCCCOc1ccc(C(=O)OCC(=O)Nc2c(C)cccc2C)cc1. The molecular weight excluding hydrogens is 342 g/mol. The van der Waals surface area contributed by atoms with E-state index in [2.05, 4.69) is 12.2 Å². The van der Waals surface area contributed by atoms with Crippen LogP contribution in [-0.4, -0.2) is 25.1 Å². The van der Waals surface area contributed by atoms with E-state index < -0.39 is 5.97 Å². The van der Waals surface area contributed by atoms with Gasteiger partial charge in [-0.25, -0.2) is 4.79 Å². The number of aryl methyl sites for hydroxylation is 2. The summed E-state index contributed by atoms with van der Waals surface area (Å²) in [5.41, 5.74) is 3.06. The minimum atomic E-state index is -0.538. The second-order valence-electron chi connectivity index (χ2n) is 6.47. The van der Waals surface area contributed by atoms with Crippen LogP contribution in [0.4, 0.5) is 5.69 Å². The quantitative estimate of drug-likeness (QED) is 0.515. The molecule has 2 rings (SSSR count). The van der Waals surface area contributed by atoms with Crippen molar-refractivity contribution in [3.8, 4) is 5.75 Å². The Morgan fingerprint density at radius 1 is 0.963 bits per heavy atom. The van der Waals surface area contributed by atoms with Crippen molar-refractivity contribution < 1.29 is 19.1 Å². The van der Waals surface area contributed by atoms with Crippen molar-refractivity contribution >= 4 is 17.6 Å². The lowest BCUT2D eigenvalue weighted by Gasteiger charge is -2.11. The van der Waals surface area contributed by atoms with Crippen molar-refractivity contribution in [1.82, 2.24) is 0 Å². The molecule has 1 amide bonds. The maximum Gasteiger partial charge on any atom is 0.338 e. The lowest BCUT2D eigenvalue weighted by molar-refractivity contribution is -0.119. The molecule has 0 aliphatic carbocycles. The van der Waals surface area contributed by atoms with Gasteiger partial charge in [-0.1, -0.05) is 38.0 Å². The molecule has 5 heteroatoms. The maximum atomic E-state index is 12.1. The topological polar surface area (TPSA) is 64.6 Å². The third-order valence-corrected chi connectivity index (χ3v) is 4.19. The van der Waals surface area contributed by atoms with E-state index in [1.807, 2.05) is 32.0 Å². The van der Waals surface area contributed by atoms with Crippen molar-refractivity contribution in [3.05, 3.63) is 59.2 Å². The number of hydrogen-bond donors (Lipinski definition) is 1. The molecule has 144 valence electrons. The monoisotopic (exact) mass is 369 g/mol. The zero-order valence-corrected chi connectivity index (χ0v) is 16.2. The third-order valence-electron chi connectivity index (χ3n) is 4.19. The van der Waals surface area contributed by atoms with Gasteiger partial charge in [0.2, 0.25) is 0 Å². The summed E-state index contributed by atoms with van der Waals surface area (Å²) < 4.78 is 10.7. The molecule has 2 aromatic rings. The average molecular weight is 369 g/mol. The largest absolute Gasteiger partial charge is 0.494 e. The summed E-state index contributed by atoms with van der Waals surface area (Å²) >= 11 is 0. The van der Waals surface area contributed by atoms with Gasteiger partial charge in [-0.2, -0.15) is 0 Å². The number of hydrogen-bond acceptors (Lipinski definition) is 4. The highest BCUT2D eigenvalue weighted by atomic mass is 16.5. The zero-order valence-electron chi connectivity index (χ0n) is 16.2. The summed E-state index contributed by atoms with van der Waals surface area (Å²) in [5, 5.41) is 2.79. The second kappa shape index (κ2) is 10.4. The number of carbonyl (C=O) groups excluding carboxylic acids is 2. The first-order valence-corrected chi connectivity index (χ1v) is 9.27. The number of rotatable bonds is 9. The van der Waals surface area contributed by atoms with Gasteiger partial charge in [-0.15, -0.1) is 0 Å². The minimum absolute atomic E-state index is 0.331. The maximum absolute atomic E-state index is 12.1. The number of para-hydroxylation sites is 1. The van der Waals surface area contributed by atoms with Crippen LogP contribution < -0.4 is 10.1 Å². The van der Waals surface area contributed by atoms with Crippen LogP contribution in [0.5, 0.6) is 5.75 Å². The van der Waals surface area contributed by atoms with Gasteiger partial charge in [-0.05, 0) is 55.7 Å². The molecule has 0 atom stereocenters. The molecule has 0 aliphatic rings. The number of unbranched alkanes of at least 4 members (excludes halogenated alkanes) is 2. The Morgan fingerprint density at radius 3 is 2.26 bits per heavy atom. The lowest BCUT2D eigenvalue weighted by Crippen LogP contribution is -2.21. The van der Waals surface area contributed by atoms with Gasteiger partial charge in [0.1, 0.15) is 5.75 Å². The van der Waals surface area contributed by atoms with Crippen LogP contribution in [0.25, 0.3) is 0 Å². The van der Waals surface area contributed by atoms with Crippen LogP contribution in [0.2, 0.25) is 0 Å². The molecule has 1 N–H and O–H groups in total. The average Bonchev–Trinajstić information content (AvgIpc) is 2.67. The van der Waals surface area contributed by atoms with E-state index in [1.165, 1.54) is 0 Å². The normalized spacial score (nSPS) is 10.3. The van der Waals surface area contributed by atoms with Gasteiger partial charge in [0.25, 0.3) is 5.91 Å². The minimum Gasteiger partial charge on any atom is -0.494 e. The van der Waals surface area contributed by atoms with E-state index in [0.717, 1.165) is 41.8 Å². The van der Waals surface area contributed by atoms with E-state index in [-0.39, 0.29) is 12.5 Å². The first-order valence-electron chi connectivity index (χ1n) is 9.27. The van der Waals surface area contributed by atoms with Crippen molar-refractivity contribution in [2.75, 3.05) is 18.5 Å². The molecular formula is C22H27NO4. The van der Waals surface area contributed by atoms with E-state index in [9.17, 15) is 9.59 Å². The Morgan fingerprint density at radius 2 is 1.63 bits per heavy atom. The molecule has 0 fully saturated rings. The lowest BCUT2D eigenvalue weighted by atomic mass is 10.1. The van der Waals surface area contributed by atoms with Gasteiger partial charge in [0.15, 0.2) is 6.61 Å². The first-order chi connectivity index (χ1) is 13.0. The van der Waals surface area contributed by atoms with Crippen LogP contribution in [-0.2, 0) is 9.53 Å². The standard InChI is InChI=1S/C22H27NO4/c1-4-5-6-14-26-19-12-10-18(11-13-19)22(25)27-15-20(24)23-21-16(2)8-7-9-17(21)3/h7-13H,4-6,14-15H2,1-3H3,(H,23,24). The number of nitrogens with one attached hydrogen (secondary N) is 1. The van der Waals surface area contributed by atoms with Crippen molar-refractivity contribution in [1.29, 1.82) is 0 Å². The highest BCUT2D eigenvalue weighted by Crippen LogP contribution is 2.19. The van der Waals surface area contributed by atoms with Crippen molar-refractivity contribution in [2.45, 2.75) is 40.0 Å². The Balaban J connectivity index is 1.82. The Labute approximate surface area is 160 Å². The Kier molecular flexibility index (Phi) is 7.86. The Hall–Kier alpha value is -2.82. The molecule has 0 unspecified atom stereocenters. The van der Waals surface area contributed by atoms with E-state index in [1.54, 1.807) is 24.3 Å². The summed E-state index contributed by atoms with van der Waals surface area (Å²) in [7, 11) is 0. The number of ether oxygens (including phenoxy) is 2. The highest BCUT2D eigenvalue weighted by Gasteiger charge is 2.12. The predicted molar refractivity (Wildman–Crippen MR) is 106 cm³/mol. The van der Waals surface area contributed by atoms with Gasteiger partial charge in [0, 0.05) is 5.69 Å². The summed E-state index contributed by atoms with van der Waals surface area (Å²) in [6.07, 6.45) is 3.29. The number of esters is 1.